The number of nitrogens with zero attached hydrogens (tertiary/aromatic N) is 3. The van der Waals surface area contributed by atoms with Gasteiger partial charge in [-0.15, -0.1) is 10.2 Å². The molecule has 1 aromatic heterocycles. The first-order chi connectivity index (χ1) is 14.5. The Hall–Kier alpha value is -2.84. The normalized spacial score (nSPS) is 10.6. The van der Waals surface area contributed by atoms with Gasteiger partial charge in [-0.05, 0) is 30.7 Å². The molecule has 0 saturated carbocycles. The van der Waals surface area contributed by atoms with Crippen molar-refractivity contribution in [3.05, 3.63) is 70.5 Å². The van der Waals surface area contributed by atoms with Crippen molar-refractivity contribution in [1.82, 2.24) is 14.8 Å². The highest BCUT2D eigenvalue weighted by molar-refractivity contribution is 7.99. The van der Waals surface area contributed by atoms with Gasteiger partial charge in [0.1, 0.15) is 5.82 Å². The number of esters is 1. The monoisotopic (exact) mass is 444 g/mol. The van der Waals surface area contributed by atoms with Crippen molar-refractivity contribution in [2.24, 2.45) is 7.05 Å². The summed E-state index contributed by atoms with van der Waals surface area (Å²) in [6, 6.07) is 14.7. The van der Waals surface area contributed by atoms with Crippen molar-refractivity contribution in [2.45, 2.75) is 18.5 Å². The van der Waals surface area contributed by atoms with Crippen LogP contribution in [-0.2, 0) is 23.0 Å². The van der Waals surface area contributed by atoms with Gasteiger partial charge in [-0.1, -0.05) is 53.7 Å². The van der Waals surface area contributed by atoms with Crippen LogP contribution in [0.5, 0.6) is 0 Å². The van der Waals surface area contributed by atoms with E-state index in [0.717, 1.165) is 11.4 Å². The van der Waals surface area contributed by atoms with Crippen LogP contribution in [-0.4, -0.2) is 39.0 Å². The first kappa shape index (κ1) is 21.9. The van der Waals surface area contributed by atoms with Crippen LogP contribution in [0, 0.1) is 0 Å². The summed E-state index contributed by atoms with van der Waals surface area (Å²) < 4.78 is 6.85. The lowest BCUT2D eigenvalue weighted by molar-refractivity contribution is -0.113. The van der Waals surface area contributed by atoms with Gasteiger partial charge >= 0.3 is 5.97 Å². The van der Waals surface area contributed by atoms with E-state index < -0.39 is 5.97 Å². The molecule has 3 aromatic rings. The highest BCUT2D eigenvalue weighted by Gasteiger charge is 2.15. The molecule has 0 saturated heterocycles. The van der Waals surface area contributed by atoms with Crippen LogP contribution in [0.2, 0.25) is 5.02 Å². The predicted octanol–water partition coefficient (Wildman–Crippen LogP) is 3.97. The Kier molecular flexibility index (Phi) is 7.48. The minimum absolute atomic E-state index is 0.147. The van der Waals surface area contributed by atoms with Gasteiger partial charge in [0.2, 0.25) is 5.91 Å². The number of rotatable bonds is 8. The zero-order valence-electron chi connectivity index (χ0n) is 16.6. The minimum Gasteiger partial charge on any atom is -0.462 e. The molecule has 7 nitrogen and oxygen atoms in total. The Bertz CT molecular complexity index is 1040. The van der Waals surface area contributed by atoms with Gasteiger partial charge in [-0.2, -0.15) is 0 Å². The topological polar surface area (TPSA) is 86.1 Å². The maximum absolute atomic E-state index is 12.3. The summed E-state index contributed by atoms with van der Waals surface area (Å²) in [5, 5.41) is 12.1. The number of nitrogens with one attached hydrogen (secondary N) is 1. The lowest BCUT2D eigenvalue weighted by Gasteiger charge is -2.09. The van der Waals surface area contributed by atoms with Crippen LogP contribution in [0.15, 0.2) is 53.7 Å². The number of anilines is 1. The molecule has 0 spiro atoms. The summed E-state index contributed by atoms with van der Waals surface area (Å²) >= 11 is 7.33. The van der Waals surface area contributed by atoms with Crippen LogP contribution in [0.3, 0.4) is 0 Å². The van der Waals surface area contributed by atoms with E-state index in [1.807, 2.05) is 41.9 Å². The number of halogens is 1. The Morgan fingerprint density at radius 2 is 1.93 bits per heavy atom. The van der Waals surface area contributed by atoms with E-state index >= 15 is 0 Å². The number of ether oxygens (including phenoxy) is 1. The quantitative estimate of drug-likeness (QED) is 0.418. The van der Waals surface area contributed by atoms with Gasteiger partial charge < -0.3 is 14.6 Å². The molecule has 2 aromatic carbocycles. The zero-order valence-corrected chi connectivity index (χ0v) is 18.2. The molecule has 1 N–H and O–H groups in total. The van der Waals surface area contributed by atoms with E-state index in [2.05, 4.69) is 15.5 Å². The van der Waals surface area contributed by atoms with Crippen molar-refractivity contribution in [1.29, 1.82) is 0 Å². The summed E-state index contributed by atoms with van der Waals surface area (Å²) in [5.41, 5.74) is 1.82. The molecule has 0 bridgehead atoms. The molecular formula is C21H21ClN4O3S. The number of carbonyl (C=O) groups excluding carboxylic acids is 2. The van der Waals surface area contributed by atoms with Gasteiger partial charge in [-0.25, -0.2) is 4.79 Å². The molecule has 0 aliphatic carbocycles. The maximum atomic E-state index is 12.3. The van der Waals surface area contributed by atoms with E-state index in [-0.39, 0.29) is 28.9 Å². The fourth-order valence-corrected chi connectivity index (χ4v) is 3.62. The Morgan fingerprint density at radius 3 is 2.67 bits per heavy atom. The molecule has 9 heteroatoms. The van der Waals surface area contributed by atoms with E-state index in [1.165, 1.54) is 17.8 Å². The average Bonchev–Trinajstić information content (AvgIpc) is 3.08. The largest absolute Gasteiger partial charge is 0.462 e. The molecule has 0 fully saturated rings. The summed E-state index contributed by atoms with van der Waals surface area (Å²) in [7, 11) is 1.88. The minimum atomic E-state index is -0.530. The van der Waals surface area contributed by atoms with Gasteiger partial charge in [0.25, 0.3) is 0 Å². The Morgan fingerprint density at radius 1 is 1.17 bits per heavy atom. The predicted molar refractivity (Wildman–Crippen MR) is 117 cm³/mol. The summed E-state index contributed by atoms with van der Waals surface area (Å²) in [6.45, 7) is 1.96. The number of thioether (sulfide) groups is 1. The van der Waals surface area contributed by atoms with Gasteiger partial charge in [0.15, 0.2) is 5.16 Å². The molecule has 0 aliphatic heterocycles. The second kappa shape index (κ2) is 10.3. The summed E-state index contributed by atoms with van der Waals surface area (Å²) in [6.07, 6.45) is 0.665. The number of benzene rings is 2. The van der Waals surface area contributed by atoms with E-state index in [1.54, 1.807) is 19.1 Å². The number of hydrogen-bond donors (Lipinski definition) is 1. The van der Waals surface area contributed by atoms with Gasteiger partial charge in [-0.3, -0.25) is 4.79 Å². The fraction of sp³-hybridized carbons (Fsp3) is 0.238. The van der Waals surface area contributed by atoms with Crippen LogP contribution < -0.4 is 5.32 Å². The zero-order chi connectivity index (χ0) is 21.5. The van der Waals surface area contributed by atoms with Gasteiger partial charge in [0.05, 0.1) is 22.9 Å². The van der Waals surface area contributed by atoms with Gasteiger partial charge in [0, 0.05) is 19.2 Å². The third kappa shape index (κ3) is 5.61. The third-order valence-corrected chi connectivity index (χ3v) is 5.56. The van der Waals surface area contributed by atoms with E-state index in [9.17, 15) is 9.59 Å². The summed E-state index contributed by atoms with van der Waals surface area (Å²) in [5.74, 6) is 0.206. The van der Waals surface area contributed by atoms with Crippen LogP contribution in [0.4, 0.5) is 5.69 Å². The van der Waals surface area contributed by atoms with Crippen LogP contribution >= 0.6 is 23.4 Å². The first-order valence-electron chi connectivity index (χ1n) is 9.29. The van der Waals surface area contributed by atoms with E-state index in [0.29, 0.717) is 17.3 Å². The molecule has 1 heterocycles. The van der Waals surface area contributed by atoms with Crippen molar-refractivity contribution in [3.8, 4) is 0 Å². The molecule has 0 aliphatic rings. The molecule has 3 rings (SSSR count). The first-order valence-corrected chi connectivity index (χ1v) is 10.7. The van der Waals surface area contributed by atoms with Crippen molar-refractivity contribution in [2.75, 3.05) is 17.7 Å². The molecule has 156 valence electrons. The number of aromatic nitrogens is 3. The highest BCUT2D eigenvalue weighted by Crippen LogP contribution is 2.22. The molecule has 30 heavy (non-hydrogen) atoms. The van der Waals surface area contributed by atoms with Crippen molar-refractivity contribution >= 4 is 40.9 Å². The molecule has 0 radical (unpaired) electrons. The highest BCUT2D eigenvalue weighted by atomic mass is 35.5. The maximum Gasteiger partial charge on any atom is 0.339 e. The lowest BCUT2D eigenvalue weighted by atomic mass is 10.1. The Labute approximate surface area is 183 Å². The van der Waals surface area contributed by atoms with Crippen molar-refractivity contribution in [3.63, 3.8) is 0 Å². The number of amides is 1. The average molecular weight is 445 g/mol. The van der Waals surface area contributed by atoms with Crippen molar-refractivity contribution < 1.29 is 14.3 Å². The second-order valence-corrected chi connectivity index (χ2v) is 7.72. The number of hydrogen-bond acceptors (Lipinski definition) is 6. The molecule has 0 atom stereocenters. The van der Waals surface area contributed by atoms with Crippen LogP contribution in [0.25, 0.3) is 0 Å². The third-order valence-electron chi connectivity index (χ3n) is 4.21. The summed E-state index contributed by atoms with van der Waals surface area (Å²) in [4.78, 5) is 24.3. The fourth-order valence-electron chi connectivity index (χ4n) is 2.70. The SMILES string of the molecule is CCOC(=O)c1cc(NC(=O)CSc2nnc(Cc3ccccc3)n2C)ccc1Cl. The molecule has 1 amide bonds. The number of carbonyl (C=O) groups is 2. The Balaban J connectivity index is 1.59. The molecule has 0 unspecified atom stereocenters. The smallest absolute Gasteiger partial charge is 0.339 e. The van der Waals surface area contributed by atoms with E-state index in [4.69, 9.17) is 16.3 Å². The standard InChI is InChI=1S/C21H21ClN4O3S/c1-3-29-20(28)16-12-15(9-10-17(16)22)23-19(27)13-30-21-25-24-18(26(21)2)11-14-7-5-4-6-8-14/h4-10,12H,3,11,13H2,1-2H3,(H,23,27). The molecular weight excluding hydrogens is 424 g/mol. The van der Waals surface area contributed by atoms with Crippen LogP contribution in [0.1, 0.15) is 28.7 Å². The second-order valence-electron chi connectivity index (χ2n) is 6.37. The lowest BCUT2D eigenvalue weighted by Crippen LogP contribution is -2.15.